The average molecular weight is 277 g/mol. The van der Waals surface area contributed by atoms with Crippen molar-refractivity contribution in [1.29, 1.82) is 0 Å². The molecule has 3 aromatic rings. The van der Waals surface area contributed by atoms with Gasteiger partial charge in [-0.2, -0.15) is 0 Å². The van der Waals surface area contributed by atoms with Crippen molar-refractivity contribution in [1.82, 2.24) is 0 Å². The number of ether oxygens (including phenoxy) is 1. The van der Waals surface area contributed by atoms with Gasteiger partial charge in [0.15, 0.2) is 0 Å². The molecule has 0 unspecified atom stereocenters. The van der Waals surface area contributed by atoms with E-state index in [1.165, 1.54) is 0 Å². The van der Waals surface area contributed by atoms with E-state index in [-0.39, 0.29) is 5.75 Å². The molecule has 0 fully saturated rings. The standard InChI is InChI=1S/C18H15NO2/c1-21-15-9-6-13(7-10-15)12-19-18-16-5-3-2-4-14(16)8-11-17(18)20/h2-12,20H,1H3. The molecule has 0 aliphatic rings. The number of benzene rings is 3. The predicted molar refractivity (Wildman–Crippen MR) is 85.9 cm³/mol. The number of hydrogen-bond acceptors (Lipinski definition) is 3. The van der Waals surface area contributed by atoms with Crippen LogP contribution in [-0.4, -0.2) is 18.4 Å². The molecule has 0 heterocycles. The minimum Gasteiger partial charge on any atom is -0.506 e. The van der Waals surface area contributed by atoms with Gasteiger partial charge in [0.1, 0.15) is 17.2 Å². The van der Waals surface area contributed by atoms with Crippen LogP contribution in [0.2, 0.25) is 0 Å². The van der Waals surface area contributed by atoms with Crippen LogP contribution in [0, 0.1) is 0 Å². The Bertz CT molecular complexity index is 792. The molecule has 0 aliphatic heterocycles. The van der Waals surface area contributed by atoms with Crippen molar-refractivity contribution in [2.45, 2.75) is 0 Å². The highest BCUT2D eigenvalue weighted by molar-refractivity contribution is 5.97. The summed E-state index contributed by atoms with van der Waals surface area (Å²) < 4.78 is 5.12. The zero-order chi connectivity index (χ0) is 14.7. The third-order valence-corrected chi connectivity index (χ3v) is 3.34. The molecule has 0 atom stereocenters. The summed E-state index contributed by atoms with van der Waals surface area (Å²) in [4.78, 5) is 4.44. The third kappa shape index (κ3) is 2.72. The molecule has 3 aromatic carbocycles. The van der Waals surface area contributed by atoms with E-state index in [2.05, 4.69) is 4.99 Å². The first-order valence-corrected chi connectivity index (χ1v) is 6.67. The Hall–Kier alpha value is -2.81. The molecule has 1 N–H and O–H groups in total. The largest absolute Gasteiger partial charge is 0.506 e. The van der Waals surface area contributed by atoms with Crippen LogP contribution in [0.15, 0.2) is 65.7 Å². The lowest BCUT2D eigenvalue weighted by molar-refractivity contribution is 0.415. The number of phenols is 1. The molecule has 0 aliphatic carbocycles. The van der Waals surface area contributed by atoms with Gasteiger partial charge in [-0.25, -0.2) is 0 Å². The van der Waals surface area contributed by atoms with Crippen molar-refractivity contribution >= 4 is 22.7 Å². The maximum absolute atomic E-state index is 10.0. The quantitative estimate of drug-likeness (QED) is 0.725. The van der Waals surface area contributed by atoms with Crippen LogP contribution in [-0.2, 0) is 0 Å². The highest BCUT2D eigenvalue weighted by Crippen LogP contribution is 2.34. The van der Waals surface area contributed by atoms with Gasteiger partial charge in [-0.15, -0.1) is 0 Å². The van der Waals surface area contributed by atoms with Gasteiger partial charge in [-0.1, -0.05) is 30.3 Å². The first-order chi connectivity index (χ1) is 10.3. The first-order valence-electron chi connectivity index (χ1n) is 6.67. The number of methoxy groups -OCH3 is 1. The normalized spacial score (nSPS) is 11.1. The SMILES string of the molecule is COc1ccc(C=Nc2c(O)ccc3ccccc23)cc1. The number of aliphatic imine (C=N–C) groups is 1. The molecule has 21 heavy (non-hydrogen) atoms. The number of phenolic OH excluding ortho intramolecular Hbond substituents is 1. The Kier molecular flexibility index (Phi) is 3.56. The number of rotatable bonds is 3. The summed E-state index contributed by atoms with van der Waals surface area (Å²) >= 11 is 0. The van der Waals surface area contributed by atoms with E-state index < -0.39 is 0 Å². The second kappa shape index (κ2) is 5.67. The van der Waals surface area contributed by atoms with Crippen LogP contribution >= 0.6 is 0 Å². The summed E-state index contributed by atoms with van der Waals surface area (Å²) in [6.07, 6.45) is 1.74. The van der Waals surface area contributed by atoms with Gasteiger partial charge in [0.2, 0.25) is 0 Å². The average Bonchev–Trinajstić information content (AvgIpc) is 2.54. The predicted octanol–water partition coefficient (Wildman–Crippen LogP) is 4.30. The molecule has 104 valence electrons. The molecule has 0 saturated carbocycles. The summed E-state index contributed by atoms with van der Waals surface area (Å²) in [5, 5.41) is 12.0. The van der Waals surface area contributed by atoms with Gasteiger partial charge in [-0.3, -0.25) is 4.99 Å². The molecular weight excluding hydrogens is 262 g/mol. The lowest BCUT2D eigenvalue weighted by Crippen LogP contribution is -1.84. The van der Waals surface area contributed by atoms with Gasteiger partial charge in [0.05, 0.1) is 7.11 Å². The Morgan fingerprint density at radius 1 is 0.952 bits per heavy atom. The molecule has 0 amide bonds. The summed E-state index contributed by atoms with van der Waals surface area (Å²) in [5.41, 5.74) is 1.53. The Labute approximate surface area is 123 Å². The van der Waals surface area contributed by atoms with Gasteiger partial charge in [0, 0.05) is 11.6 Å². The van der Waals surface area contributed by atoms with Crippen LogP contribution in [0.1, 0.15) is 5.56 Å². The lowest BCUT2D eigenvalue weighted by Gasteiger charge is -2.04. The maximum Gasteiger partial charge on any atom is 0.141 e. The van der Waals surface area contributed by atoms with Crippen LogP contribution < -0.4 is 4.74 Å². The third-order valence-electron chi connectivity index (χ3n) is 3.34. The smallest absolute Gasteiger partial charge is 0.141 e. The molecule has 3 rings (SSSR count). The topological polar surface area (TPSA) is 41.8 Å². The van der Waals surface area contributed by atoms with Crippen molar-refractivity contribution in [2.75, 3.05) is 7.11 Å². The number of hydrogen-bond donors (Lipinski definition) is 1. The zero-order valence-corrected chi connectivity index (χ0v) is 11.7. The van der Waals surface area contributed by atoms with E-state index in [9.17, 15) is 5.11 Å². The molecular formula is C18H15NO2. The maximum atomic E-state index is 10.0. The summed E-state index contributed by atoms with van der Waals surface area (Å²) in [6.45, 7) is 0. The molecule has 3 nitrogen and oxygen atoms in total. The van der Waals surface area contributed by atoms with Gasteiger partial charge < -0.3 is 9.84 Å². The highest BCUT2D eigenvalue weighted by Gasteiger charge is 2.04. The monoisotopic (exact) mass is 277 g/mol. The van der Waals surface area contributed by atoms with Crippen molar-refractivity contribution in [3.05, 3.63) is 66.2 Å². The minimum atomic E-state index is 0.179. The first kappa shape index (κ1) is 13.2. The zero-order valence-electron chi connectivity index (χ0n) is 11.7. The second-order valence-corrected chi connectivity index (χ2v) is 4.69. The Morgan fingerprint density at radius 3 is 2.48 bits per heavy atom. The molecule has 0 spiro atoms. The van der Waals surface area contributed by atoms with Crippen LogP contribution in [0.25, 0.3) is 10.8 Å². The number of aromatic hydroxyl groups is 1. The molecule has 3 heteroatoms. The Morgan fingerprint density at radius 2 is 1.71 bits per heavy atom. The summed E-state index contributed by atoms with van der Waals surface area (Å²) in [5.74, 6) is 0.985. The lowest BCUT2D eigenvalue weighted by atomic mass is 10.1. The van der Waals surface area contributed by atoms with E-state index in [1.54, 1.807) is 19.4 Å². The molecule has 0 saturated heterocycles. The van der Waals surface area contributed by atoms with Crippen molar-refractivity contribution in [3.63, 3.8) is 0 Å². The van der Waals surface area contributed by atoms with Gasteiger partial charge in [-0.05, 0) is 41.3 Å². The van der Waals surface area contributed by atoms with E-state index >= 15 is 0 Å². The second-order valence-electron chi connectivity index (χ2n) is 4.69. The van der Waals surface area contributed by atoms with E-state index in [0.717, 1.165) is 22.1 Å². The van der Waals surface area contributed by atoms with Crippen molar-refractivity contribution < 1.29 is 9.84 Å². The molecule has 0 bridgehead atoms. The van der Waals surface area contributed by atoms with Gasteiger partial charge >= 0.3 is 0 Å². The fraction of sp³-hybridized carbons (Fsp3) is 0.0556. The summed E-state index contributed by atoms with van der Waals surface area (Å²) in [6, 6.07) is 19.0. The summed E-state index contributed by atoms with van der Waals surface area (Å²) in [7, 11) is 1.64. The number of nitrogens with zero attached hydrogens (tertiary/aromatic N) is 1. The van der Waals surface area contributed by atoms with Crippen molar-refractivity contribution in [3.8, 4) is 11.5 Å². The van der Waals surface area contributed by atoms with E-state index in [0.29, 0.717) is 5.69 Å². The van der Waals surface area contributed by atoms with Gasteiger partial charge in [0.25, 0.3) is 0 Å². The fourth-order valence-corrected chi connectivity index (χ4v) is 2.21. The minimum absolute atomic E-state index is 0.179. The van der Waals surface area contributed by atoms with Crippen LogP contribution in [0.3, 0.4) is 0 Å². The van der Waals surface area contributed by atoms with Crippen molar-refractivity contribution in [2.24, 2.45) is 4.99 Å². The fourth-order valence-electron chi connectivity index (χ4n) is 2.21. The highest BCUT2D eigenvalue weighted by atomic mass is 16.5. The molecule has 0 radical (unpaired) electrons. The van der Waals surface area contributed by atoms with E-state index in [1.807, 2.05) is 54.6 Å². The van der Waals surface area contributed by atoms with Crippen LogP contribution in [0.4, 0.5) is 5.69 Å². The van der Waals surface area contributed by atoms with E-state index in [4.69, 9.17) is 4.74 Å². The molecule has 0 aromatic heterocycles. The van der Waals surface area contributed by atoms with Crippen LogP contribution in [0.5, 0.6) is 11.5 Å². The Balaban J connectivity index is 2.00. The number of fused-ring (bicyclic) bond motifs is 1.